The van der Waals surface area contributed by atoms with Gasteiger partial charge in [-0.25, -0.2) is 0 Å². The van der Waals surface area contributed by atoms with Crippen LogP contribution >= 0.6 is 0 Å². The third-order valence-corrected chi connectivity index (χ3v) is 12.1. The standard InChI is InChI=1S/C31H55N3O5/c1-17-24-13-21(31(24,3)4)14-25(17)33-30(37)28-27(18(2)36)26(16-35)39-34(28)15-20-9-7-11-23(29(20)38-5)19-8-6-10-22(32)12-19/h17-29,35-36H,6-16,32H2,1-5H3,(H,33,37)/t17-,18-,19?,20?,21+,22?,23?,24-,25-,26-,27+,28-,29?/m0/s1. The van der Waals surface area contributed by atoms with Gasteiger partial charge in [0.2, 0.25) is 5.91 Å². The molecule has 1 heterocycles. The summed E-state index contributed by atoms with van der Waals surface area (Å²) in [5, 5.41) is 26.1. The Hall–Kier alpha value is -0.770. The van der Waals surface area contributed by atoms with Crippen LogP contribution in [-0.4, -0.2) is 77.9 Å². The van der Waals surface area contributed by atoms with Gasteiger partial charge in [-0.2, -0.15) is 5.06 Å². The lowest BCUT2D eigenvalue weighted by molar-refractivity contribution is -0.193. The maximum absolute atomic E-state index is 14.0. The molecule has 13 atom stereocenters. The number of nitrogens with one attached hydrogen (secondary N) is 1. The van der Waals surface area contributed by atoms with E-state index in [0.717, 1.165) is 38.5 Å². The monoisotopic (exact) mass is 549 g/mol. The lowest BCUT2D eigenvalue weighted by Crippen LogP contribution is -2.62. The van der Waals surface area contributed by atoms with E-state index < -0.39 is 24.2 Å². The molecule has 0 spiro atoms. The molecule has 1 saturated heterocycles. The molecule has 0 aromatic rings. The van der Waals surface area contributed by atoms with Crippen LogP contribution < -0.4 is 11.1 Å². The molecule has 5 saturated carbocycles. The van der Waals surface area contributed by atoms with Crippen molar-refractivity contribution in [2.24, 2.45) is 52.6 Å². The van der Waals surface area contributed by atoms with Gasteiger partial charge in [-0.3, -0.25) is 9.63 Å². The number of nitrogens with two attached hydrogens (primary N) is 1. The lowest BCUT2D eigenvalue weighted by atomic mass is 9.45. The van der Waals surface area contributed by atoms with E-state index in [1.165, 1.54) is 19.3 Å². The van der Waals surface area contributed by atoms with Crippen LogP contribution in [0.4, 0.5) is 0 Å². The second-order valence-electron chi connectivity index (χ2n) is 14.5. The van der Waals surface area contributed by atoms with E-state index in [0.29, 0.717) is 41.5 Å². The highest BCUT2D eigenvalue weighted by Gasteiger charge is 2.57. The van der Waals surface area contributed by atoms with Crippen LogP contribution in [0.1, 0.15) is 85.5 Å². The molecule has 1 aliphatic heterocycles. The summed E-state index contributed by atoms with van der Waals surface area (Å²) in [7, 11) is 1.82. The molecule has 0 radical (unpaired) electrons. The molecule has 5 aliphatic carbocycles. The number of aliphatic hydroxyl groups is 2. The Balaban J connectivity index is 1.32. The maximum Gasteiger partial charge on any atom is 0.240 e. The maximum atomic E-state index is 14.0. The van der Waals surface area contributed by atoms with Crippen molar-refractivity contribution in [1.82, 2.24) is 10.4 Å². The van der Waals surface area contributed by atoms with Gasteiger partial charge in [-0.1, -0.05) is 33.6 Å². The van der Waals surface area contributed by atoms with Gasteiger partial charge in [0.15, 0.2) is 0 Å². The number of carbonyl (C=O) groups is 1. The van der Waals surface area contributed by atoms with E-state index in [4.69, 9.17) is 15.3 Å². The average molecular weight is 550 g/mol. The van der Waals surface area contributed by atoms with Gasteiger partial charge in [-0.15, -0.1) is 0 Å². The Kier molecular flexibility index (Phi) is 9.02. The molecule has 5 N–H and O–H groups in total. The van der Waals surface area contributed by atoms with Crippen LogP contribution in [0.2, 0.25) is 0 Å². The summed E-state index contributed by atoms with van der Waals surface area (Å²) in [4.78, 5) is 20.3. The van der Waals surface area contributed by atoms with E-state index in [9.17, 15) is 15.0 Å². The second kappa shape index (κ2) is 11.8. The summed E-state index contributed by atoms with van der Waals surface area (Å²) in [5.41, 5.74) is 6.71. The highest BCUT2D eigenvalue weighted by atomic mass is 16.7. The van der Waals surface area contributed by atoms with Gasteiger partial charge in [0, 0.05) is 37.6 Å². The summed E-state index contributed by atoms with van der Waals surface area (Å²) in [6.45, 7) is 9.06. The molecule has 6 fully saturated rings. The van der Waals surface area contributed by atoms with E-state index in [2.05, 4.69) is 26.1 Å². The number of aliphatic hydroxyl groups excluding tert-OH is 2. The Morgan fingerprint density at radius 3 is 2.54 bits per heavy atom. The molecular weight excluding hydrogens is 494 g/mol. The molecule has 0 aromatic carbocycles. The number of hydrogen-bond donors (Lipinski definition) is 4. The Bertz CT molecular complexity index is 854. The van der Waals surface area contributed by atoms with Crippen LogP contribution in [0.3, 0.4) is 0 Å². The Morgan fingerprint density at radius 1 is 1.18 bits per heavy atom. The van der Waals surface area contributed by atoms with Crippen molar-refractivity contribution in [3.63, 3.8) is 0 Å². The number of ether oxygens (including phenoxy) is 1. The highest BCUT2D eigenvalue weighted by Crippen LogP contribution is 2.61. The van der Waals surface area contributed by atoms with Crippen molar-refractivity contribution in [3.8, 4) is 0 Å². The number of hydroxylamine groups is 2. The smallest absolute Gasteiger partial charge is 0.240 e. The first-order valence-corrected chi connectivity index (χ1v) is 15.9. The predicted molar refractivity (Wildman–Crippen MR) is 150 cm³/mol. The fourth-order valence-corrected chi connectivity index (χ4v) is 9.75. The van der Waals surface area contributed by atoms with Gasteiger partial charge in [0.1, 0.15) is 12.1 Å². The first-order chi connectivity index (χ1) is 18.6. The number of hydrogen-bond acceptors (Lipinski definition) is 7. The lowest BCUT2D eigenvalue weighted by Gasteiger charge is -2.62. The zero-order valence-corrected chi connectivity index (χ0v) is 24.9. The normalized spacial score (nSPS) is 46.9. The van der Waals surface area contributed by atoms with Crippen LogP contribution in [0, 0.1) is 46.8 Å². The predicted octanol–water partition coefficient (Wildman–Crippen LogP) is 3.10. The average Bonchev–Trinajstić information content (AvgIpc) is 3.28. The number of nitrogens with zero attached hydrogens (tertiary/aromatic N) is 1. The third-order valence-electron chi connectivity index (χ3n) is 12.1. The van der Waals surface area contributed by atoms with Crippen LogP contribution in [-0.2, 0) is 14.4 Å². The molecule has 1 amide bonds. The topological polar surface area (TPSA) is 117 Å². The first kappa shape index (κ1) is 29.7. The zero-order chi connectivity index (χ0) is 28.1. The highest BCUT2D eigenvalue weighted by molar-refractivity contribution is 5.82. The Morgan fingerprint density at radius 2 is 1.92 bits per heavy atom. The minimum absolute atomic E-state index is 0.0765. The van der Waals surface area contributed by atoms with Crippen molar-refractivity contribution < 1.29 is 24.6 Å². The number of rotatable bonds is 8. The molecule has 2 bridgehead atoms. The van der Waals surface area contributed by atoms with E-state index >= 15 is 0 Å². The number of amides is 1. The molecule has 6 rings (SSSR count). The van der Waals surface area contributed by atoms with Gasteiger partial charge in [-0.05, 0) is 86.9 Å². The molecule has 6 aliphatic rings. The molecule has 224 valence electrons. The fraction of sp³-hybridized carbons (Fsp3) is 0.968. The summed E-state index contributed by atoms with van der Waals surface area (Å²) in [6, 6.07) is -0.214. The van der Waals surface area contributed by atoms with Gasteiger partial charge >= 0.3 is 0 Å². The summed E-state index contributed by atoms with van der Waals surface area (Å²) < 4.78 is 6.19. The minimum Gasteiger partial charge on any atom is -0.394 e. The molecule has 8 nitrogen and oxygen atoms in total. The number of carbonyl (C=O) groups excluding carboxylic acids is 1. The van der Waals surface area contributed by atoms with Gasteiger partial charge < -0.3 is 26.0 Å². The fourth-order valence-electron chi connectivity index (χ4n) is 9.75. The molecule has 8 heteroatoms. The SMILES string of the molecule is COC1C(CN2O[C@@H](CO)[C@@H]([C@H](C)O)[C@H]2C(=O)N[C@H]2C[C@H]3C[C@@H]([C@@H]2C)C3(C)C)CCCC1C1CCCC(N)C1. The van der Waals surface area contributed by atoms with Crippen molar-refractivity contribution in [1.29, 1.82) is 0 Å². The van der Waals surface area contributed by atoms with Gasteiger partial charge in [0.05, 0.1) is 18.8 Å². The summed E-state index contributed by atoms with van der Waals surface area (Å²) in [6.07, 6.45) is 8.87. The molecule has 39 heavy (non-hydrogen) atoms. The molecular formula is C31H55N3O5. The number of methoxy groups -OCH3 is 1. The van der Waals surface area contributed by atoms with E-state index in [1.54, 1.807) is 12.0 Å². The first-order valence-electron chi connectivity index (χ1n) is 15.9. The van der Waals surface area contributed by atoms with Crippen molar-refractivity contribution >= 4 is 5.91 Å². The Labute approximate surface area is 235 Å². The summed E-state index contributed by atoms with van der Waals surface area (Å²) in [5.74, 6) is 2.40. The van der Waals surface area contributed by atoms with Gasteiger partial charge in [0.25, 0.3) is 0 Å². The largest absolute Gasteiger partial charge is 0.394 e. The zero-order valence-electron chi connectivity index (χ0n) is 24.9. The van der Waals surface area contributed by atoms with Crippen LogP contribution in [0.15, 0.2) is 0 Å². The number of fused-ring (bicyclic) bond motifs is 2. The summed E-state index contributed by atoms with van der Waals surface area (Å²) >= 11 is 0. The molecule has 0 aromatic heterocycles. The van der Waals surface area contributed by atoms with Crippen LogP contribution in [0.25, 0.3) is 0 Å². The quantitative estimate of drug-likeness (QED) is 0.368. The molecule has 5 unspecified atom stereocenters. The second-order valence-corrected chi connectivity index (χ2v) is 14.5. The minimum atomic E-state index is -0.778. The van der Waals surface area contributed by atoms with E-state index in [1.807, 2.05) is 7.11 Å². The third kappa shape index (κ3) is 5.55. The van der Waals surface area contributed by atoms with E-state index in [-0.39, 0.29) is 36.6 Å². The van der Waals surface area contributed by atoms with Crippen LogP contribution in [0.5, 0.6) is 0 Å². The van der Waals surface area contributed by atoms with Crippen molar-refractivity contribution in [3.05, 3.63) is 0 Å². The van der Waals surface area contributed by atoms with Crippen molar-refractivity contribution in [2.75, 3.05) is 20.3 Å². The van der Waals surface area contributed by atoms with Crippen molar-refractivity contribution in [2.45, 2.75) is 122 Å².